The lowest BCUT2D eigenvalue weighted by Gasteiger charge is -2.29. The molecule has 2 aliphatic heterocycles. The van der Waals surface area contributed by atoms with Crippen molar-refractivity contribution in [3.05, 3.63) is 5.82 Å². The Morgan fingerprint density at radius 2 is 1.47 bits per heavy atom. The van der Waals surface area contributed by atoms with E-state index < -0.39 is 0 Å². The second-order valence-corrected chi connectivity index (χ2v) is 5.91. The van der Waals surface area contributed by atoms with Crippen molar-refractivity contribution >= 4 is 23.7 Å². The predicted octanol–water partition coefficient (Wildman–Crippen LogP) is 0.570. The van der Waals surface area contributed by atoms with Crippen molar-refractivity contribution in [1.82, 2.24) is 15.0 Å². The Labute approximate surface area is 117 Å². The van der Waals surface area contributed by atoms with Crippen molar-refractivity contribution in [1.29, 1.82) is 0 Å². The first-order valence-corrected chi connectivity index (χ1v) is 7.86. The molecule has 0 spiro atoms. The second kappa shape index (κ2) is 5.92. The number of hydrogen-bond donors (Lipinski definition) is 0. The smallest absolute Gasteiger partial charge is 0.230 e. The summed E-state index contributed by atoms with van der Waals surface area (Å²) in [5.74, 6) is 4.72. The molecule has 0 aromatic carbocycles. The van der Waals surface area contributed by atoms with Gasteiger partial charge in [-0.25, -0.2) is 0 Å². The molecule has 2 saturated heterocycles. The Balaban J connectivity index is 1.82. The molecule has 0 aliphatic carbocycles. The highest BCUT2D eigenvalue weighted by atomic mass is 32.2. The van der Waals surface area contributed by atoms with Crippen molar-refractivity contribution in [3.63, 3.8) is 0 Å². The Morgan fingerprint density at radius 3 is 2.11 bits per heavy atom. The van der Waals surface area contributed by atoms with E-state index in [0.717, 1.165) is 68.6 Å². The van der Waals surface area contributed by atoms with Crippen molar-refractivity contribution in [2.75, 3.05) is 60.7 Å². The van der Waals surface area contributed by atoms with E-state index in [0.29, 0.717) is 0 Å². The predicted molar refractivity (Wildman–Crippen MR) is 77.1 cm³/mol. The lowest BCUT2D eigenvalue weighted by Crippen LogP contribution is -2.39. The fourth-order valence-electron chi connectivity index (χ4n) is 2.26. The molecule has 1 aromatic rings. The van der Waals surface area contributed by atoms with Gasteiger partial charge in [-0.2, -0.15) is 26.7 Å². The molecule has 2 aliphatic rings. The number of nitrogens with zero attached hydrogens (tertiary/aromatic N) is 5. The summed E-state index contributed by atoms with van der Waals surface area (Å²) in [5, 5.41) is 0. The van der Waals surface area contributed by atoms with Gasteiger partial charge in [-0.3, -0.25) is 0 Å². The van der Waals surface area contributed by atoms with E-state index in [2.05, 4.69) is 24.8 Å². The molecule has 0 bridgehead atoms. The van der Waals surface area contributed by atoms with Crippen molar-refractivity contribution in [2.45, 2.75) is 6.92 Å². The zero-order chi connectivity index (χ0) is 13.1. The van der Waals surface area contributed by atoms with Gasteiger partial charge in [0.15, 0.2) is 0 Å². The topological polar surface area (TPSA) is 54.4 Å². The monoisotopic (exact) mass is 281 g/mol. The summed E-state index contributed by atoms with van der Waals surface area (Å²) in [6, 6.07) is 0. The summed E-state index contributed by atoms with van der Waals surface area (Å²) in [4.78, 5) is 18.0. The van der Waals surface area contributed by atoms with Crippen LogP contribution in [0.5, 0.6) is 0 Å². The number of anilines is 2. The van der Waals surface area contributed by atoms with Gasteiger partial charge < -0.3 is 14.5 Å². The first-order valence-electron chi connectivity index (χ1n) is 6.71. The maximum Gasteiger partial charge on any atom is 0.230 e. The molecular formula is C12H19N5OS. The van der Waals surface area contributed by atoms with Crippen LogP contribution in [-0.2, 0) is 4.74 Å². The van der Waals surface area contributed by atoms with Crippen LogP contribution >= 0.6 is 11.8 Å². The molecule has 1 aromatic heterocycles. The van der Waals surface area contributed by atoms with E-state index in [9.17, 15) is 0 Å². The standard InChI is InChI=1S/C12H19N5OS/c1-10-13-11(16-2-6-18-7-3-16)15-12(14-10)17-4-8-19-9-5-17/h2-9H2,1H3. The summed E-state index contributed by atoms with van der Waals surface area (Å²) >= 11 is 1.99. The third kappa shape index (κ3) is 3.09. The minimum absolute atomic E-state index is 0.750. The number of rotatable bonds is 2. The number of thioether (sulfide) groups is 1. The van der Waals surface area contributed by atoms with Gasteiger partial charge in [0, 0.05) is 37.7 Å². The molecule has 19 heavy (non-hydrogen) atoms. The fraction of sp³-hybridized carbons (Fsp3) is 0.750. The maximum absolute atomic E-state index is 5.37. The lowest BCUT2D eigenvalue weighted by molar-refractivity contribution is 0.122. The van der Waals surface area contributed by atoms with Gasteiger partial charge >= 0.3 is 0 Å². The molecule has 7 heteroatoms. The van der Waals surface area contributed by atoms with Gasteiger partial charge in [-0.15, -0.1) is 0 Å². The van der Waals surface area contributed by atoms with E-state index in [-0.39, 0.29) is 0 Å². The van der Waals surface area contributed by atoms with Gasteiger partial charge in [0.1, 0.15) is 5.82 Å². The van der Waals surface area contributed by atoms with Crippen LogP contribution in [0.1, 0.15) is 5.82 Å². The van der Waals surface area contributed by atoms with Gasteiger partial charge in [-0.1, -0.05) is 0 Å². The molecule has 3 rings (SSSR count). The molecule has 0 N–H and O–H groups in total. The van der Waals surface area contributed by atoms with Crippen LogP contribution in [0.4, 0.5) is 11.9 Å². The van der Waals surface area contributed by atoms with E-state index in [1.54, 1.807) is 0 Å². The molecular weight excluding hydrogens is 262 g/mol. The largest absolute Gasteiger partial charge is 0.378 e. The minimum atomic E-state index is 0.750. The van der Waals surface area contributed by atoms with Crippen LogP contribution in [0.2, 0.25) is 0 Å². The molecule has 0 saturated carbocycles. The Hall–Kier alpha value is -1.08. The maximum atomic E-state index is 5.37. The van der Waals surface area contributed by atoms with Gasteiger partial charge in [0.05, 0.1) is 13.2 Å². The second-order valence-electron chi connectivity index (χ2n) is 4.68. The first kappa shape index (κ1) is 12.9. The van der Waals surface area contributed by atoms with Crippen molar-refractivity contribution in [2.24, 2.45) is 0 Å². The molecule has 3 heterocycles. The van der Waals surface area contributed by atoms with Crippen LogP contribution in [0.25, 0.3) is 0 Å². The number of ether oxygens (including phenoxy) is 1. The van der Waals surface area contributed by atoms with E-state index >= 15 is 0 Å². The van der Waals surface area contributed by atoms with Gasteiger partial charge in [0.2, 0.25) is 11.9 Å². The van der Waals surface area contributed by atoms with E-state index in [4.69, 9.17) is 4.74 Å². The minimum Gasteiger partial charge on any atom is -0.378 e. The van der Waals surface area contributed by atoms with Crippen LogP contribution in [0, 0.1) is 6.92 Å². The quantitative estimate of drug-likeness (QED) is 0.785. The summed E-state index contributed by atoms with van der Waals surface area (Å²) in [6.45, 7) is 7.21. The SMILES string of the molecule is Cc1nc(N2CCOCC2)nc(N2CCSCC2)n1. The van der Waals surface area contributed by atoms with Gasteiger partial charge in [0.25, 0.3) is 0 Å². The highest BCUT2D eigenvalue weighted by molar-refractivity contribution is 7.99. The van der Waals surface area contributed by atoms with E-state index in [1.165, 1.54) is 0 Å². The fourth-order valence-corrected chi connectivity index (χ4v) is 3.17. The van der Waals surface area contributed by atoms with Crippen LogP contribution in [0.3, 0.4) is 0 Å². The average molecular weight is 281 g/mol. The summed E-state index contributed by atoms with van der Waals surface area (Å²) in [6.07, 6.45) is 0. The molecule has 0 unspecified atom stereocenters. The normalized spacial score (nSPS) is 20.7. The third-order valence-corrected chi connectivity index (χ3v) is 4.25. The average Bonchev–Trinajstić information content (AvgIpc) is 2.48. The summed E-state index contributed by atoms with van der Waals surface area (Å²) < 4.78 is 5.37. The Bertz CT molecular complexity index is 396. The van der Waals surface area contributed by atoms with Crippen LogP contribution < -0.4 is 9.80 Å². The zero-order valence-corrected chi connectivity index (χ0v) is 12.0. The van der Waals surface area contributed by atoms with Gasteiger partial charge in [-0.05, 0) is 6.92 Å². The highest BCUT2D eigenvalue weighted by Gasteiger charge is 2.19. The summed E-state index contributed by atoms with van der Waals surface area (Å²) in [7, 11) is 0. The van der Waals surface area contributed by atoms with Crippen molar-refractivity contribution < 1.29 is 4.74 Å². The Morgan fingerprint density at radius 1 is 0.895 bits per heavy atom. The molecule has 0 radical (unpaired) electrons. The molecule has 0 amide bonds. The third-order valence-electron chi connectivity index (χ3n) is 3.31. The van der Waals surface area contributed by atoms with E-state index in [1.807, 2.05) is 18.7 Å². The molecule has 6 nitrogen and oxygen atoms in total. The number of aryl methyl sites for hydroxylation is 1. The van der Waals surface area contributed by atoms with Crippen LogP contribution in [-0.4, -0.2) is 65.9 Å². The highest BCUT2D eigenvalue weighted by Crippen LogP contribution is 2.18. The summed E-state index contributed by atoms with van der Waals surface area (Å²) in [5.41, 5.74) is 0. The molecule has 0 atom stereocenters. The molecule has 2 fully saturated rings. The Kier molecular flexibility index (Phi) is 4.03. The lowest BCUT2D eigenvalue weighted by atomic mass is 10.4. The number of morpholine rings is 1. The first-order chi connectivity index (χ1) is 9.33. The zero-order valence-electron chi connectivity index (χ0n) is 11.2. The number of aromatic nitrogens is 3. The number of hydrogen-bond acceptors (Lipinski definition) is 7. The van der Waals surface area contributed by atoms with Crippen LogP contribution in [0.15, 0.2) is 0 Å². The van der Waals surface area contributed by atoms with Crippen molar-refractivity contribution in [3.8, 4) is 0 Å². The molecule has 104 valence electrons.